The number of hydrogen-bond donors (Lipinski definition) is 2. The average Bonchev–Trinajstić information content (AvgIpc) is 2.37. The first kappa shape index (κ1) is 15.6. The summed E-state index contributed by atoms with van der Waals surface area (Å²) in [5.41, 5.74) is 0.573. The van der Waals surface area contributed by atoms with Crippen molar-refractivity contribution in [1.82, 2.24) is 9.97 Å². The molecule has 0 radical (unpaired) electrons. The molecule has 1 heterocycles. The van der Waals surface area contributed by atoms with Crippen LogP contribution in [-0.4, -0.2) is 21.0 Å². The summed E-state index contributed by atoms with van der Waals surface area (Å²) < 4.78 is 0. The second kappa shape index (κ2) is 6.78. The maximum atomic E-state index is 11.6. The molecule has 0 atom stereocenters. The van der Waals surface area contributed by atoms with E-state index in [2.05, 4.69) is 9.97 Å². The van der Waals surface area contributed by atoms with Gasteiger partial charge >= 0.3 is 5.97 Å². The van der Waals surface area contributed by atoms with Crippen molar-refractivity contribution in [2.24, 2.45) is 0 Å². The molecule has 21 heavy (non-hydrogen) atoms. The maximum Gasteiger partial charge on any atom is 0.337 e. The number of H-pyrrole nitrogens is 1. The van der Waals surface area contributed by atoms with Crippen LogP contribution in [0.2, 0.25) is 5.02 Å². The molecule has 0 saturated carbocycles. The Kier molecular flexibility index (Phi) is 5.03. The number of rotatable bonds is 5. The van der Waals surface area contributed by atoms with E-state index in [1.54, 1.807) is 12.1 Å². The number of carbonyl (C=O) groups is 1. The van der Waals surface area contributed by atoms with Crippen LogP contribution in [0.1, 0.15) is 29.4 Å². The third-order valence-corrected chi connectivity index (χ3v) is 3.85. The summed E-state index contributed by atoms with van der Waals surface area (Å²) in [4.78, 5) is 30.2. The Balaban J connectivity index is 2.28. The second-order valence-electron chi connectivity index (χ2n) is 4.34. The molecule has 0 aliphatic heterocycles. The van der Waals surface area contributed by atoms with E-state index in [0.29, 0.717) is 10.1 Å². The molecule has 7 heteroatoms. The summed E-state index contributed by atoms with van der Waals surface area (Å²) in [6.07, 6.45) is 1.63. The fraction of sp³-hybridized carbons (Fsp3) is 0.214. The lowest BCUT2D eigenvalue weighted by Crippen LogP contribution is -2.09. The first-order chi connectivity index (χ1) is 9.99. The van der Waals surface area contributed by atoms with Gasteiger partial charge in [-0.3, -0.25) is 4.79 Å². The molecule has 0 unspecified atom stereocenters. The molecule has 0 aliphatic carbocycles. The molecule has 0 saturated heterocycles. The van der Waals surface area contributed by atoms with E-state index in [9.17, 15) is 9.59 Å². The van der Waals surface area contributed by atoms with Crippen LogP contribution in [0.3, 0.4) is 0 Å². The highest BCUT2D eigenvalue weighted by molar-refractivity contribution is 7.99. The standard InChI is InChI=1S/C14H13ClN2O3S/c1-2-3-8-6-12(18)17-14(16-8)21-9-4-5-10(13(19)20)11(15)7-9/h4-7H,2-3H2,1H3,(H,19,20)(H,16,17,18). The average molecular weight is 325 g/mol. The molecule has 1 aromatic heterocycles. The number of aryl methyl sites for hydroxylation is 1. The summed E-state index contributed by atoms with van der Waals surface area (Å²) in [6.45, 7) is 2.01. The largest absolute Gasteiger partial charge is 0.478 e. The second-order valence-corrected chi connectivity index (χ2v) is 5.81. The van der Waals surface area contributed by atoms with E-state index in [-0.39, 0.29) is 16.1 Å². The molecule has 2 aromatic rings. The molecule has 110 valence electrons. The molecule has 2 N–H and O–H groups in total. The fourth-order valence-electron chi connectivity index (χ4n) is 1.76. The molecule has 0 fully saturated rings. The molecule has 2 rings (SSSR count). The first-order valence-corrected chi connectivity index (χ1v) is 7.50. The SMILES string of the molecule is CCCc1cc(=O)[nH]c(Sc2ccc(C(=O)O)c(Cl)c2)n1. The Morgan fingerprint density at radius 1 is 1.43 bits per heavy atom. The normalized spacial score (nSPS) is 10.6. The monoisotopic (exact) mass is 324 g/mol. The van der Waals surface area contributed by atoms with E-state index >= 15 is 0 Å². The van der Waals surface area contributed by atoms with Crippen molar-refractivity contribution < 1.29 is 9.90 Å². The third kappa shape index (κ3) is 4.09. The van der Waals surface area contributed by atoms with Crippen LogP contribution in [0.15, 0.2) is 39.1 Å². The number of carboxylic acids is 1. The van der Waals surface area contributed by atoms with Gasteiger partial charge < -0.3 is 10.1 Å². The molecule has 0 bridgehead atoms. The van der Waals surface area contributed by atoms with Crippen molar-refractivity contribution in [1.29, 1.82) is 0 Å². The molecular formula is C14H13ClN2O3S. The van der Waals surface area contributed by atoms with E-state index in [0.717, 1.165) is 18.5 Å². The predicted octanol–water partition coefficient (Wildman–Crippen LogP) is 3.23. The summed E-state index contributed by atoms with van der Waals surface area (Å²) in [5, 5.41) is 9.54. The van der Waals surface area contributed by atoms with Crippen molar-refractivity contribution in [3.63, 3.8) is 0 Å². The van der Waals surface area contributed by atoms with Crippen LogP contribution >= 0.6 is 23.4 Å². The minimum Gasteiger partial charge on any atom is -0.478 e. The van der Waals surface area contributed by atoms with Gasteiger partial charge in [0.15, 0.2) is 5.16 Å². The molecule has 1 aromatic carbocycles. The number of hydrogen-bond acceptors (Lipinski definition) is 4. The van der Waals surface area contributed by atoms with Gasteiger partial charge in [-0.05, 0) is 24.6 Å². The lowest BCUT2D eigenvalue weighted by Gasteiger charge is -2.05. The van der Waals surface area contributed by atoms with Gasteiger partial charge in [0.25, 0.3) is 5.56 Å². The van der Waals surface area contributed by atoms with Crippen molar-refractivity contribution in [3.8, 4) is 0 Å². The first-order valence-electron chi connectivity index (χ1n) is 6.30. The van der Waals surface area contributed by atoms with Crippen LogP contribution in [0, 0.1) is 0 Å². The molecular weight excluding hydrogens is 312 g/mol. The Bertz CT molecular complexity index is 730. The van der Waals surface area contributed by atoms with E-state index < -0.39 is 5.97 Å². The van der Waals surface area contributed by atoms with E-state index in [1.165, 1.54) is 23.9 Å². The van der Waals surface area contributed by atoms with Crippen molar-refractivity contribution in [2.75, 3.05) is 0 Å². The number of carboxylic acid groups (broad SMARTS) is 1. The van der Waals surface area contributed by atoms with Crippen LogP contribution in [0.5, 0.6) is 0 Å². The van der Waals surface area contributed by atoms with Crippen LogP contribution in [0.25, 0.3) is 0 Å². The van der Waals surface area contributed by atoms with Crippen molar-refractivity contribution >= 4 is 29.3 Å². The summed E-state index contributed by atoms with van der Waals surface area (Å²) in [5.74, 6) is -1.08. The number of nitrogens with one attached hydrogen (secondary N) is 1. The Morgan fingerprint density at radius 3 is 2.81 bits per heavy atom. The zero-order valence-corrected chi connectivity index (χ0v) is 12.8. The number of aromatic amines is 1. The smallest absolute Gasteiger partial charge is 0.337 e. The number of halogens is 1. The molecule has 0 aliphatic rings. The van der Waals surface area contributed by atoms with Crippen LogP contribution in [-0.2, 0) is 6.42 Å². The fourth-order valence-corrected chi connectivity index (χ4v) is 2.94. The lowest BCUT2D eigenvalue weighted by molar-refractivity contribution is 0.0697. The Morgan fingerprint density at radius 2 is 2.19 bits per heavy atom. The van der Waals surface area contributed by atoms with Gasteiger partial charge in [0.1, 0.15) is 0 Å². The zero-order valence-electron chi connectivity index (χ0n) is 11.2. The Labute approximate surface area is 130 Å². The van der Waals surface area contributed by atoms with Crippen LogP contribution < -0.4 is 5.56 Å². The highest BCUT2D eigenvalue weighted by Gasteiger charge is 2.10. The number of nitrogens with zero attached hydrogens (tertiary/aromatic N) is 1. The highest BCUT2D eigenvalue weighted by atomic mass is 35.5. The van der Waals surface area contributed by atoms with Gasteiger partial charge in [-0.1, -0.05) is 36.7 Å². The summed E-state index contributed by atoms with van der Waals surface area (Å²) in [6, 6.07) is 6.09. The quantitative estimate of drug-likeness (QED) is 0.825. The number of aromatic nitrogens is 2. The molecule has 0 amide bonds. The van der Waals surface area contributed by atoms with Crippen molar-refractivity contribution in [3.05, 3.63) is 50.9 Å². The van der Waals surface area contributed by atoms with Crippen molar-refractivity contribution in [2.45, 2.75) is 29.8 Å². The minimum absolute atomic E-state index is 0.0437. The lowest BCUT2D eigenvalue weighted by atomic mass is 10.2. The van der Waals surface area contributed by atoms with Gasteiger partial charge in [0, 0.05) is 16.7 Å². The predicted molar refractivity (Wildman–Crippen MR) is 81.4 cm³/mol. The Hall–Kier alpha value is -1.79. The van der Waals surface area contributed by atoms with E-state index in [4.69, 9.17) is 16.7 Å². The maximum absolute atomic E-state index is 11.6. The van der Waals surface area contributed by atoms with Gasteiger partial charge in [-0.25, -0.2) is 9.78 Å². The summed E-state index contributed by atoms with van der Waals surface area (Å²) >= 11 is 7.15. The van der Waals surface area contributed by atoms with Gasteiger partial charge in [0.2, 0.25) is 0 Å². The number of benzene rings is 1. The van der Waals surface area contributed by atoms with Gasteiger partial charge in [0.05, 0.1) is 10.6 Å². The zero-order chi connectivity index (χ0) is 15.4. The van der Waals surface area contributed by atoms with Gasteiger partial charge in [-0.15, -0.1) is 0 Å². The van der Waals surface area contributed by atoms with Crippen LogP contribution in [0.4, 0.5) is 0 Å². The topological polar surface area (TPSA) is 83.0 Å². The number of aromatic carboxylic acids is 1. The molecule has 5 nitrogen and oxygen atoms in total. The molecule has 0 spiro atoms. The third-order valence-electron chi connectivity index (χ3n) is 2.66. The van der Waals surface area contributed by atoms with Gasteiger partial charge in [-0.2, -0.15) is 0 Å². The summed E-state index contributed by atoms with van der Waals surface area (Å²) in [7, 11) is 0. The minimum atomic E-state index is -1.08. The van der Waals surface area contributed by atoms with E-state index in [1.807, 2.05) is 6.92 Å². The highest BCUT2D eigenvalue weighted by Crippen LogP contribution is 2.28.